The summed E-state index contributed by atoms with van der Waals surface area (Å²) in [5, 5.41) is 3.61. The van der Waals surface area contributed by atoms with Crippen LogP contribution in [0.2, 0.25) is 0 Å². The summed E-state index contributed by atoms with van der Waals surface area (Å²) in [7, 11) is 0. The Morgan fingerprint density at radius 2 is 1.93 bits per heavy atom. The monoisotopic (exact) mass is 210 g/mol. The Labute approximate surface area is 94.4 Å². The molecule has 1 heterocycles. The molecule has 0 spiro atoms. The zero-order valence-electron chi connectivity index (χ0n) is 10.3. The van der Waals surface area contributed by atoms with E-state index in [-0.39, 0.29) is 0 Å². The fourth-order valence-corrected chi connectivity index (χ4v) is 2.90. The molecule has 0 amide bonds. The van der Waals surface area contributed by atoms with E-state index < -0.39 is 0 Å². The SMILES string of the molecule is CC(C)CNCC1CCC1N1CCCC1. The largest absolute Gasteiger partial charge is 0.316 e. The summed E-state index contributed by atoms with van der Waals surface area (Å²) in [6.45, 7) is 9.73. The zero-order chi connectivity index (χ0) is 10.7. The molecule has 1 saturated heterocycles. The lowest BCUT2D eigenvalue weighted by Crippen LogP contribution is -2.49. The number of nitrogens with one attached hydrogen (secondary N) is 1. The average Bonchev–Trinajstić information content (AvgIpc) is 2.63. The second kappa shape index (κ2) is 5.31. The molecule has 0 aromatic rings. The van der Waals surface area contributed by atoms with Gasteiger partial charge in [-0.1, -0.05) is 13.8 Å². The van der Waals surface area contributed by atoms with E-state index in [4.69, 9.17) is 0 Å². The molecule has 0 aromatic heterocycles. The lowest BCUT2D eigenvalue weighted by atomic mass is 9.78. The van der Waals surface area contributed by atoms with Crippen molar-refractivity contribution in [3.8, 4) is 0 Å². The van der Waals surface area contributed by atoms with Crippen LogP contribution in [-0.2, 0) is 0 Å². The molecular weight excluding hydrogens is 184 g/mol. The molecule has 2 heteroatoms. The number of hydrogen-bond acceptors (Lipinski definition) is 2. The molecule has 2 fully saturated rings. The van der Waals surface area contributed by atoms with E-state index in [0.717, 1.165) is 17.9 Å². The van der Waals surface area contributed by atoms with Gasteiger partial charge in [0.1, 0.15) is 0 Å². The van der Waals surface area contributed by atoms with Crippen molar-refractivity contribution in [2.45, 2.75) is 45.6 Å². The first kappa shape index (κ1) is 11.4. The first-order valence-corrected chi connectivity index (χ1v) is 6.72. The standard InChI is InChI=1S/C13H26N2/c1-11(2)9-14-10-12-5-6-13(12)15-7-3-4-8-15/h11-14H,3-10H2,1-2H3. The Morgan fingerprint density at radius 3 is 2.47 bits per heavy atom. The van der Waals surface area contributed by atoms with Gasteiger partial charge in [-0.25, -0.2) is 0 Å². The maximum atomic E-state index is 3.61. The lowest BCUT2D eigenvalue weighted by Gasteiger charge is -2.43. The van der Waals surface area contributed by atoms with E-state index in [1.165, 1.54) is 51.9 Å². The van der Waals surface area contributed by atoms with Gasteiger partial charge in [0.2, 0.25) is 0 Å². The van der Waals surface area contributed by atoms with Crippen molar-refractivity contribution in [2.75, 3.05) is 26.2 Å². The number of likely N-dealkylation sites (tertiary alicyclic amines) is 1. The van der Waals surface area contributed by atoms with Crippen LogP contribution in [0.4, 0.5) is 0 Å². The van der Waals surface area contributed by atoms with Crippen LogP contribution in [0.1, 0.15) is 39.5 Å². The summed E-state index contributed by atoms with van der Waals surface area (Å²) in [6.07, 6.45) is 5.77. The highest BCUT2D eigenvalue weighted by molar-refractivity contribution is 4.91. The summed E-state index contributed by atoms with van der Waals surface area (Å²) in [6, 6.07) is 0.923. The highest BCUT2D eigenvalue weighted by atomic mass is 15.2. The van der Waals surface area contributed by atoms with Crippen LogP contribution in [0, 0.1) is 11.8 Å². The van der Waals surface area contributed by atoms with Gasteiger partial charge in [-0.15, -0.1) is 0 Å². The first-order chi connectivity index (χ1) is 7.27. The third-order valence-corrected chi connectivity index (χ3v) is 3.95. The first-order valence-electron chi connectivity index (χ1n) is 6.72. The van der Waals surface area contributed by atoms with Gasteiger partial charge >= 0.3 is 0 Å². The van der Waals surface area contributed by atoms with E-state index >= 15 is 0 Å². The van der Waals surface area contributed by atoms with Crippen LogP contribution < -0.4 is 5.32 Å². The van der Waals surface area contributed by atoms with Crippen molar-refractivity contribution in [1.29, 1.82) is 0 Å². The molecule has 1 N–H and O–H groups in total. The summed E-state index contributed by atoms with van der Waals surface area (Å²) < 4.78 is 0. The molecule has 88 valence electrons. The Morgan fingerprint density at radius 1 is 1.20 bits per heavy atom. The number of hydrogen-bond donors (Lipinski definition) is 1. The second-order valence-corrected chi connectivity index (χ2v) is 5.70. The molecule has 0 aromatic carbocycles. The number of rotatable bonds is 5. The van der Waals surface area contributed by atoms with Crippen LogP contribution in [-0.4, -0.2) is 37.1 Å². The Bertz CT molecular complexity index is 185. The van der Waals surface area contributed by atoms with Gasteiger partial charge in [0.15, 0.2) is 0 Å². The van der Waals surface area contributed by atoms with E-state index in [1.54, 1.807) is 0 Å². The molecule has 2 aliphatic rings. The maximum absolute atomic E-state index is 3.61. The molecule has 2 nitrogen and oxygen atoms in total. The number of nitrogens with zero attached hydrogens (tertiary/aromatic N) is 1. The third kappa shape index (κ3) is 2.94. The highest BCUT2D eigenvalue weighted by Gasteiger charge is 2.35. The summed E-state index contributed by atoms with van der Waals surface area (Å²) in [4.78, 5) is 2.73. The van der Waals surface area contributed by atoms with Crippen molar-refractivity contribution in [3.63, 3.8) is 0 Å². The van der Waals surface area contributed by atoms with Gasteiger partial charge in [0.25, 0.3) is 0 Å². The topological polar surface area (TPSA) is 15.3 Å². The van der Waals surface area contributed by atoms with E-state index in [2.05, 4.69) is 24.1 Å². The van der Waals surface area contributed by atoms with Crippen LogP contribution in [0.3, 0.4) is 0 Å². The molecule has 1 aliphatic carbocycles. The van der Waals surface area contributed by atoms with Crippen LogP contribution >= 0.6 is 0 Å². The highest BCUT2D eigenvalue weighted by Crippen LogP contribution is 2.33. The molecule has 0 radical (unpaired) electrons. The smallest absolute Gasteiger partial charge is 0.0136 e. The lowest BCUT2D eigenvalue weighted by molar-refractivity contribution is 0.0819. The molecule has 1 saturated carbocycles. The summed E-state index contributed by atoms with van der Waals surface area (Å²) >= 11 is 0. The van der Waals surface area contributed by atoms with Crippen LogP contribution in [0.5, 0.6) is 0 Å². The minimum atomic E-state index is 0.787. The van der Waals surface area contributed by atoms with Gasteiger partial charge in [-0.05, 0) is 63.7 Å². The molecule has 1 aliphatic heterocycles. The Balaban J connectivity index is 1.65. The zero-order valence-corrected chi connectivity index (χ0v) is 10.3. The van der Waals surface area contributed by atoms with Gasteiger partial charge in [-0.2, -0.15) is 0 Å². The van der Waals surface area contributed by atoms with Gasteiger partial charge < -0.3 is 10.2 Å². The Kier molecular flexibility index (Phi) is 4.04. The normalized spacial score (nSPS) is 32.2. The molecule has 2 rings (SSSR count). The summed E-state index contributed by atoms with van der Waals surface area (Å²) in [5.41, 5.74) is 0. The van der Waals surface area contributed by atoms with E-state index in [0.29, 0.717) is 0 Å². The minimum Gasteiger partial charge on any atom is -0.316 e. The fourth-order valence-electron chi connectivity index (χ4n) is 2.90. The van der Waals surface area contributed by atoms with Gasteiger partial charge in [0.05, 0.1) is 0 Å². The van der Waals surface area contributed by atoms with Crippen LogP contribution in [0.15, 0.2) is 0 Å². The van der Waals surface area contributed by atoms with Crippen molar-refractivity contribution in [1.82, 2.24) is 10.2 Å². The predicted octanol–water partition coefficient (Wildman–Crippen LogP) is 2.11. The predicted molar refractivity (Wildman–Crippen MR) is 65.0 cm³/mol. The van der Waals surface area contributed by atoms with Crippen molar-refractivity contribution < 1.29 is 0 Å². The Hall–Kier alpha value is -0.0800. The summed E-state index contributed by atoms with van der Waals surface area (Å²) in [5.74, 6) is 1.73. The molecule has 15 heavy (non-hydrogen) atoms. The third-order valence-electron chi connectivity index (χ3n) is 3.95. The fraction of sp³-hybridized carbons (Fsp3) is 1.00. The second-order valence-electron chi connectivity index (χ2n) is 5.70. The van der Waals surface area contributed by atoms with Gasteiger partial charge in [0, 0.05) is 6.04 Å². The molecule has 2 atom stereocenters. The minimum absolute atomic E-state index is 0.787. The van der Waals surface area contributed by atoms with Gasteiger partial charge in [-0.3, -0.25) is 0 Å². The maximum Gasteiger partial charge on any atom is 0.0136 e. The quantitative estimate of drug-likeness (QED) is 0.747. The molecular formula is C13H26N2. The molecule has 0 bridgehead atoms. The van der Waals surface area contributed by atoms with E-state index in [1.807, 2.05) is 0 Å². The van der Waals surface area contributed by atoms with Crippen molar-refractivity contribution in [2.24, 2.45) is 11.8 Å². The van der Waals surface area contributed by atoms with Crippen LogP contribution in [0.25, 0.3) is 0 Å². The molecule has 2 unspecified atom stereocenters. The van der Waals surface area contributed by atoms with Crippen molar-refractivity contribution >= 4 is 0 Å². The van der Waals surface area contributed by atoms with E-state index in [9.17, 15) is 0 Å². The van der Waals surface area contributed by atoms with Crippen molar-refractivity contribution in [3.05, 3.63) is 0 Å². The average molecular weight is 210 g/mol.